The molecule has 2 N–H and O–H groups in total. The Morgan fingerprint density at radius 2 is 1.87 bits per heavy atom. The van der Waals surface area contributed by atoms with Gasteiger partial charge in [0, 0.05) is 38.4 Å². The molecule has 2 aromatic rings. The first kappa shape index (κ1) is 19.0. The number of methoxy groups -OCH3 is 1. The van der Waals surface area contributed by atoms with Crippen molar-refractivity contribution in [1.82, 2.24) is 4.57 Å². The van der Waals surface area contributed by atoms with Crippen LogP contribution in [0.3, 0.4) is 0 Å². The second-order valence-corrected chi connectivity index (χ2v) is 5.06. The van der Waals surface area contributed by atoms with Crippen molar-refractivity contribution in [2.45, 2.75) is 40.2 Å². The van der Waals surface area contributed by atoms with Crippen LogP contribution in [0.4, 0.5) is 10.5 Å². The number of benzene rings is 1. The van der Waals surface area contributed by atoms with Crippen molar-refractivity contribution in [1.29, 1.82) is 0 Å². The van der Waals surface area contributed by atoms with E-state index in [1.807, 2.05) is 26.0 Å². The molecule has 1 aliphatic heterocycles. The lowest BCUT2D eigenvalue weighted by Gasteiger charge is -2.26. The van der Waals surface area contributed by atoms with Gasteiger partial charge in [-0.2, -0.15) is 0 Å². The molecule has 0 bridgehead atoms. The zero-order valence-corrected chi connectivity index (χ0v) is 14.9. The van der Waals surface area contributed by atoms with E-state index >= 15 is 0 Å². The van der Waals surface area contributed by atoms with E-state index < -0.39 is 0 Å². The molecule has 0 saturated heterocycles. The molecule has 1 aliphatic rings. The Kier molecular flexibility index (Phi) is 7.62. The van der Waals surface area contributed by atoms with Gasteiger partial charge in [-0.3, -0.25) is 4.90 Å². The van der Waals surface area contributed by atoms with Gasteiger partial charge in [0.2, 0.25) is 0 Å². The lowest BCUT2D eigenvalue weighted by atomic mass is 10.1. The standard InChI is InChI=1S/C14H17N3O.C2H6O.C2H6/c1-2-16-11-7-4-3-6-10(11)13-12(16)8-5-9-17(13)14(15)18;1-3-2;1-2/h3-4,6-7H,2,5,8-9H2,1H3,(H2,15,18);1-2H3;1-2H3. The predicted octanol–water partition coefficient (Wildman–Crippen LogP) is 3.78. The molecule has 2 amide bonds. The zero-order valence-electron chi connectivity index (χ0n) is 14.9. The van der Waals surface area contributed by atoms with Gasteiger partial charge in [-0.25, -0.2) is 4.79 Å². The second-order valence-electron chi connectivity index (χ2n) is 5.06. The largest absolute Gasteiger partial charge is 0.388 e. The zero-order chi connectivity index (χ0) is 17.4. The molecule has 3 rings (SSSR count). The summed E-state index contributed by atoms with van der Waals surface area (Å²) in [6, 6.07) is 7.87. The van der Waals surface area contributed by atoms with Crippen molar-refractivity contribution in [3.8, 4) is 0 Å². The van der Waals surface area contributed by atoms with Crippen LogP contribution in [0.25, 0.3) is 10.9 Å². The molecule has 0 saturated carbocycles. The molecular weight excluding hydrogens is 290 g/mol. The first-order chi connectivity index (χ1) is 11.2. The number of aryl methyl sites for hydroxylation is 1. The quantitative estimate of drug-likeness (QED) is 0.869. The molecular formula is C18H29N3O2. The summed E-state index contributed by atoms with van der Waals surface area (Å²) in [5, 5.41) is 1.13. The van der Waals surface area contributed by atoms with Gasteiger partial charge in [0.25, 0.3) is 0 Å². The first-order valence-electron chi connectivity index (χ1n) is 8.22. The Bertz CT molecular complexity index is 634. The number of ether oxygens (including phenoxy) is 1. The highest BCUT2D eigenvalue weighted by Gasteiger charge is 2.27. The Balaban J connectivity index is 0.000000477. The van der Waals surface area contributed by atoms with Gasteiger partial charge in [-0.15, -0.1) is 0 Å². The van der Waals surface area contributed by atoms with E-state index in [1.54, 1.807) is 19.1 Å². The maximum Gasteiger partial charge on any atom is 0.319 e. The fraction of sp³-hybridized carbons (Fsp3) is 0.500. The van der Waals surface area contributed by atoms with E-state index in [-0.39, 0.29) is 6.03 Å². The van der Waals surface area contributed by atoms with Gasteiger partial charge in [0.05, 0.1) is 11.2 Å². The molecule has 23 heavy (non-hydrogen) atoms. The van der Waals surface area contributed by atoms with E-state index in [1.165, 1.54) is 11.2 Å². The van der Waals surface area contributed by atoms with E-state index in [0.29, 0.717) is 0 Å². The number of carbonyl (C=O) groups excluding carboxylic acids is 1. The van der Waals surface area contributed by atoms with Crippen LogP contribution in [0.15, 0.2) is 24.3 Å². The maximum atomic E-state index is 11.6. The Hall–Kier alpha value is -2.01. The highest BCUT2D eigenvalue weighted by atomic mass is 16.4. The van der Waals surface area contributed by atoms with Gasteiger partial charge in [-0.05, 0) is 25.8 Å². The fourth-order valence-corrected chi connectivity index (χ4v) is 2.99. The normalized spacial score (nSPS) is 12.7. The molecule has 5 nitrogen and oxygen atoms in total. The van der Waals surface area contributed by atoms with Crippen LogP contribution in [0.5, 0.6) is 0 Å². The smallest absolute Gasteiger partial charge is 0.319 e. The molecule has 0 unspecified atom stereocenters. The molecule has 128 valence electrons. The minimum absolute atomic E-state index is 0.352. The van der Waals surface area contributed by atoms with Crippen molar-refractivity contribution < 1.29 is 9.53 Å². The average Bonchev–Trinajstić information content (AvgIpc) is 2.91. The monoisotopic (exact) mass is 319 g/mol. The number of primary amides is 1. The van der Waals surface area contributed by atoms with E-state index in [4.69, 9.17) is 5.73 Å². The Morgan fingerprint density at radius 3 is 2.43 bits per heavy atom. The van der Waals surface area contributed by atoms with Crippen LogP contribution >= 0.6 is 0 Å². The number of hydrogen-bond donors (Lipinski definition) is 1. The number of carbonyl (C=O) groups is 1. The molecule has 0 aliphatic carbocycles. The number of urea groups is 1. The minimum atomic E-state index is -0.352. The number of rotatable bonds is 1. The van der Waals surface area contributed by atoms with Crippen LogP contribution in [-0.4, -0.2) is 31.4 Å². The molecule has 0 spiro atoms. The highest BCUT2D eigenvalue weighted by Crippen LogP contribution is 2.37. The summed E-state index contributed by atoms with van der Waals surface area (Å²) in [7, 11) is 3.25. The van der Waals surface area contributed by atoms with Crippen molar-refractivity contribution in [2.24, 2.45) is 5.73 Å². The molecule has 1 aromatic heterocycles. The third kappa shape index (κ3) is 3.85. The summed E-state index contributed by atoms with van der Waals surface area (Å²) in [6.07, 6.45) is 1.99. The van der Waals surface area contributed by atoms with Gasteiger partial charge < -0.3 is 15.0 Å². The van der Waals surface area contributed by atoms with Crippen LogP contribution in [0.1, 0.15) is 32.9 Å². The second kappa shape index (κ2) is 9.20. The number of anilines is 1. The summed E-state index contributed by atoms with van der Waals surface area (Å²) in [4.78, 5) is 13.3. The van der Waals surface area contributed by atoms with Crippen LogP contribution in [0, 0.1) is 0 Å². The number of nitrogens with zero attached hydrogens (tertiary/aromatic N) is 2. The summed E-state index contributed by atoms with van der Waals surface area (Å²) < 4.78 is 6.54. The van der Waals surface area contributed by atoms with E-state index in [2.05, 4.69) is 28.4 Å². The van der Waals surface area contributed by atoms with E-state index in [9.17, 15) is 4.79 Å². The number of amides is 2. The molecule has 0 fully saturated rings. The number of aromatic nitrogens is 1. The summed E-state index contributed by atoms with van der Waals surface area (Å²) in [5.41, 5.74) is 8.95. The van der Waals surface area contributed by atoms with Gasteiger partial charge >= 0.3 is 6.03 Å². The summed E-state index contributed by atoms with van der Waals surface area (Å²) >= 11 is 0. The molecule has 2 heterocycles. The van der Waals surface area contributed by atoms with Crippen molar-refractivity contribution in [2.75, 3.05) is 25.7 Å². The van der Waals surface area contributed by atoms with Crippen LogP contribution in [-0.2, 0) is 17.7 Å². The number of para-hydroxylation sites is 1. The molecule has 0 atom stereocenters. The van der Waals surface area contributed by atoms with Crippen molar-refractivity contribution in [3.63, 3.8) is 0 Å². The fourth-order valence-electron chi connectivity index (χ4n) is 2.99. The van der Waals surface area contributed by atoms with Crippen LogP contribution < -0.4 is 10.6 Å². The lowest BCUT2D eigenvalue weighted by Crippen LogP contribution is -2.39. The maximum absolute atomic E-state index is 11.6. The number of fused-ring (bicyclic) bond motifs is 3. The third-order valence-corrected chi connectivity index (χ3v) is 3.70. The SMILES string of the molecule is CC.CCn1c2c(c3ccccc31)N(C(N)=O)CCC2.COC. The molecule has 1 aromatic carbocycles. The van der Waals surface area contributed by atoms with Gasteiger partial charge in [-0.1, -0.05) is 32.0 Å². The summed E-state index contributed by atoms with van der Waals surface area (Å²) in [5.74, 6) is 0. The highest BCUT2D eigenvalue weighted by molar-refractivity contribution is 6.04. The number of nitrogens with two attached hydrogens (primary N) is 1. The van der Waals surface area contributed by atoms with Gasteiger partial charge in [0.15, 0.2) is 0 Å². The molecule has 5 heteroatoms. The minimum Gasteiger partial charge on any atom is -0.388 e. The predicted molar refractivity (Wildman–Crippen MR) is 97.1 cm³/mol. The van der Waals surface area contributed by atoms with Crippen LogP contribution in [0.2, 0.25) is 0 Å². The molecule has 0 radical (unpaired) electrons. The average molecular weight is 319 g/mol. The lowest BCUT2D eigenvalue weighted by molar-refractivity contribution is 0.253. The Labute approximate surface area is 139 Å². The van der Waals surface area contributed by atoms with E-state index in [0.717, 1.165) is 37.0 Å². The third-order valence-electron chi connectivity index (χ3n) is 3.70. The van der Waals surface area contributed by atoms with Crippen molar-refractivity contribution >= 4 is 22.6 Å². The Morgan fingerprint density at radius 1 is 1.26 bits per heavy atom. The van der Waals surface area contributed by atoms with Crippen molar-refractivity contribution in [3.05, 3.63) is 30.0 Å². The topological polar surface area (TPSA) is 60.5 Å². The number of hydrogen-bond acceptors (Lipinski definition) is 2. The van der Waals surface area contributed by atoms with Gasteiger partial charge in [0.1, 0.15) is 0 Å². The first-order valence-corrected chi connectivity index (χ1v) is 8.22. The summed E-state index contributed by atoms with van der Waals surface area (Å²) in [6.45, 7) is 7.78.